The Labute approximate surface area is 147 Å². The van der Waals surface area contributed by atoms with Crippen molar-refractivity contribution in [2.45, 2.75) is 19.2 Å². The highest BCUT2D eigenvalue weighted by molar-refractivity contribution is 6.31. The normalized spacial score (nSPS) is 13.0. The highest BCUT2D eigenvalue weighted by Gasteiger charge is 2.31. The standard InChI is InChI=1S/C17H15ClF3NO3/c1-11(3-2-8-23)24-13-4-6-14(7-5-13)25-16-15(18)9-12(10-22-16)17(19,20)21/h2-7,9-11,23H,8H2,1H3/b3-2+. The molecule has 0 aliphatic rings. The Morgan fingerprint density at radius 3 is 2.44 bits per heavy atom. The van der Waals surface area contributed by atoms with Gasteiger partial charge in [-0.25, -0.2) is 4.98 Å². The van der Waals surface area contributed by atoms with Crippen LogP contribution in [0.2, 0.25) is 5.02 Å². The molecule has 0 aliphatic heterocycles. The van der Waals surface area contributed by atoms with Gasteiger partial charge in [0, 0.05) is 6.20 Å². The first-order valence-electron chi connectivity index (χ1n) is 7.24. The number of halogens is 4. The molecule has 1 atom stereocenters. The highest BCUT2D eigenvalue weighted by atomic mass is 35.5. The van der Waals surface area contributed by atoms with Crippen molar-refractivity contribution in [2.24, 2.45) is 0 Å². The Hall–Kier alpha value is -2.25. The maximum Gasteiger partial charge on any atom is 0.417 e. The van der Waals surface area contributed by atoms with Gasteiger partial charge in [0.15, 0.2) is 0 Å². The number of aromatic nitrogens is 1. The number of hydrogen-bond donors (Lipinski definition) is 1. The van der Waals surface area contributed by atoms with Crippen molar-refractivity contribution < 1.29 is 27.8 Å². The van der Waals surface area contributed by atoms with Crippen molar-refractivity contribution >= 4 is 11.6 Å². The predicted octanol–water partition coefficient (Wildman–Crippen LogP) is 4.86. The number of nitrogens with zero attached hydrogens (tertiary/aromatic N) is 1. The molecule has 1 aromatic heterocycles. The molecule has 1 aromatic carbocycles. The van der Waals surface area contributed by atoms with Crippen LogP contribution in [0.25, 0.3) is 0 Å². The van der Waals surface area contributed by atoms with Crippen LogP contribution in [-0.4, -0.2) is 22.8 Å². The van der Waals surface area contributed by atoms with E-state index >= 15 is 0 Å². The largest absolute Gasteiger partial charge is 0.487 e. The average Bonchev–Trinajstić information content (AvgIpc) is 2.55. The van der Waals surface area contributed by atoms with E-state index in [4.69, 9.17) is 26.2 Å². The third-order valence-corrected chi connectivity index (χ3v) is 3.28. The number of aliphatic hydroxyl groups is 1. The minimum Gasteiger partial charge on any atom is -0.487 e. The molecule has 1 unspecified atom stereocenters. The monoisotopic (exact) mass is 373 g/mol. The fraction of sp³-hybridized carbons (Fsp3) is 0.235. The summed E-state index contributed by atoms with van der Waals surface area (Å²) in [6.07, 6.45) is -0.815. The lowest BCUT2D eigenvalue weighted by Crippen LogP contribution is -2.08. The van der Waals surface area contributed by atoms with E-state index < -0.39 is 11.7 Å². The molecule has 8 heteroatoms. The highest BCUT2D eigenvalue weighted by Crippen LogP contribution is 2.34. The van der Waals surface area contributed by atoms with E-state index in [9.17, 15) is 13.2 Å². The van der Waals surface area contributed by atoms with Gasteiger partial charge >= 0.3 is 6.18 Å². The van der Waals surface area contributed by atoms with Crippen molar-refractivity contribution in [3.8, 4) is 17.4 Å². The molecule has 2 aromatic rings. The zero-order valence-corrected chi connectivity index (χ0v) is 13.9. The third-order valence-electron chi connectivity index (χ3n) is 3.01. The molecule has 1 heterocycles. The summed E-state index contributed by atoms with van der Waals surface area (Å²) in [7, 11) is 0. The van der Waals surface area contributed by atoms with Crippen LogP contribution in [-0.2, 0) is 6.18 Å². The van der Waals surface area contributed by atoms with Gasteiger partial charge in [-0.2, -0.15) is 13.2 Å². The van der Waals surface area contributed by atoms with Crippen LogP contribution >= 0.6 is 11.6 Å². The molecule has 4 nitrogen and oxygen atoms in total. The lowest BCUT2D eigenvalue weighted by Gasteiger charge is -2.12. The molecular weight excluding hydrogens is 359 g/mol. The molecule has 0 aliphatic carbocycles. The lowest BCUT2D eigenvalue weighted by molar-refractivity contribution is -0.137. The van der Waals surface area contributed by atoms with Gasteiger partial charge < -0.3 is 14.6 Å². The quantitative estimate of drug-likeness (QED) is 0.734. The zero-order valence-electron chi connectivity index (χ0n) is 13.1. The van der Waals surface area contributed by atoms with Crippen LogP contribution in [0.1, 0.15) is 12.5 Å². The average molecular weight is 374 g/mol. The lowest BCUT2D eigenvalue weighted by atomic mass is 10.3. The van der Waals surface area contributed by atoms with Crippen molar-refractivity contribution in [3.63, 3.8) is 0 Å². The Morgan fingerprint density at radius 2 is 1.88 bits per heavy atom. The Bertz CT molecular complexity index is 733. The maximum atomic E-state index is 12.6. The molecule has 134 valence electrons. The van der Waals surface area contributed by atoms with Crippen LogP contribution in [0, 0.1) is 0 Å². The van der Waals surface area contributed by atoms with Crippen molar-refractivity contribution in [3.05, 3.63) is 59.3 Å². The van der Waals surface area contributed by atoms with Gasteiger partial charge in [-0.1, -0.05) is 17.7 Å². The number of aliphatic hydroxyl groups excluding tert-OH is 1. The van der Waals surface area contributed by atoms with Gasteiger partial charge in [0.1, 0.15) is 22.6 Å². The molecule has 25 heavy (non-hydrogen) atoms. The van der Waals surface area contributed by atoms with E-state index in [2.05, 4.69) is 4.98 Å². The molecule has 2 rings (SSSR count). The van der Waals surface area contributed by atoms with E-state index in [-0.39, 0.29) is 23.6 Å². The SMILES string of the molecule is CC(/C=C/CO)Oc1ccc(Oc2ncc(C(F)(F)F)cc2Cl)cc1. The third kappa shape index (κ3) is 5.65. The zero-order chi connectivity index (χ0) is 18.4. The summed E-state index contributed by atoms with van der Waals surface area (Å²) in [5, 5.41) is 8.47. The molecule has 0 fully saturated rings. The van der Waals surface area contributed by atoms with Crippen molar-refractivity contribution in [1.29, 1.82) is 0 Å². The van der Waals surface area contributed by atoms with Crippen LogP contribution in [0.3, 0.4) is 0 Å². The minimum absolute atomic E-state index is 0.0681. The fourth-order valence-electron chi connectivity index (χ4n) is 1.86. The molecule has 0 radical (unpaired) electrons. The minimum atomic E-state index is -4.52. The number of pyridine rings is 1. The van der Waals surface area contributed by atoms with Crippen molar-refractivity contribution in [1.82, 2.24) is 4.98 Å². The Kier molecular flexibility index (Phi) is 6.27. The van der Waals surface area contributed by atoms with Crippen LogP contribution in [0.15, 0.2) is 48.7 Å². The molecule has 0 bridgehead atoms. The predicted molar refractivity (Wildman–Crippen MR) is 87.1 cm³/mol. The van der Waals surface area contributed by atoms with E-state index in [0.717, 1.165) is 6.07 Å². The Balaban J connectivity index is 2.05. The molecule has 0 amide bonds. The van der Waals surface area contributed by atoms with E-state index in [0.29, 0.717) is 17.7 Å². The molecular formula is C17H15ClF3NO3. The van der Waals surface area contributed by atoms with Gasteiger partial charge in [0.05, 0.1) is 12.2 Å². The summed E-state index contributed by atoms with van der Waals surface area (Å²) in [6.45, 7) is 1.74. The van der Waals surface area contributed by atoms with E-state index in [1.807, 2.05) is 6.92 Å². The maximum absolute atomic E-state index is 12.6. The van der Waals surface area contributed by atoms with E-state index in [1.165, 1.54) is 0 Å². The summed E-state index contributed by atoms with van der Waals surface area (Å²) < 4.78 is 48.7. The van der Waals surface area contributed by atoms with Crippen molar-refractivity contribution in [2.75, 3.05) is 6.61 Å². The summed E-state index contributed by atoms with van der Waals surface area (Å²) in [4.78, 5) is 3.61. The number of alkyl halides is 3. The second-order valence-corrected chi connectivity index (χ2v) is 5.42. The van der Waals surface area contributed by atoms with Gasteiger partial charge in [-0.15, -0.1) is 0 Å². The first kappa shape index (κ1) is 19.1. The molecule has 0 saturated heterocycles. The number of benzene rings is 1. The summed E-state index contributed by atoms with van der Waals surface area (Å²) in [5.74, 6) is 0.788. The number of rotatable bonds is 6. The topological polar surface area (TPSA) is 51.6 Å². The van der Waals surface area contributed by atoms with Gasteiger partial charge in [0.2, 0.25) is 5.88 Å². The van der Waals surface area contributed by atoms with Gasteiger partial charge in [-0.05, 0) is 43.3 Å². The molecule has 0 saturated carbocycles. The number of ether oxygens (including phenoxy) is 2. The van der Waals surface area contributed by atoms with E-state index in [1.54, 1.807) is 36.4 Å². The number of hydrogen-bond acceptors (Lipinski definition) is 4. The smallest absolute Gasteiger partial charge is 0.417 e. The van der Waals surface area contributed by atoms with Gasteiger partial charge in [0.25, 0.3) is 0 Å². The second kappa shape index (κ2) is 8.22. The first-order chi connectivity index (χ1) is 11.8. The summed E-state index contributed by atoms with van der Waals surface area (Å²) in [6, 6.07) is 7.19. The molecule has 0 spiro atoms. The van der Waals surface area contributed by atoms with Crippen LogP contribution in [0.5, 0.6) is 17.4 Å². The first-order valence-corrected chi connectivity index (χ1v) is 7.62. The summed E-state index contributed by atoms with van der Waals surface area (Å²) >= 11 is 5.79. The van der Waals surface area contributed by atoms with Crippen LogP contribution in [0.4, 0.5) is 13.2 Å². The molecule has 1 N–H and O–H groups in total. The fourth-order valence-corrected chi connectivity index (χ4v) is 2.06. The van der Waals surface area contributed by atoms with Gasteiger partial charge in [-0.3, -0.25) is 0 Å². The second-order valence-electron chi connectivity index (χ2n) is 5.02. The van der Waals surface area contributed by atoms with Crippen LogP contribution < -0.4 is 9.47 Å². The Morgan fingerprint density at radius 1 is 1.24 bits per heavy atom. The summed E-state index contributed by atoms with van der Waals surface area (Å²) in [5.41, 5.74) is -0.946.